The number of rotatable bonds is 7. The van der Waals surface area contributed by atoms with Crippen LogP contribution >= 0.6 is 0 Å². The van der Waals surface area contributed by atoms with Crippen LogP contribution in [0.1, 0.15) is 33.1 Å². The highest BCUT2D eigenvalue weighted by atomic mass is 16.5. The summed E-state index contributed by atoms with van der Waals surface area (Å²) >= 11 is 0. The Morgan fingerprint density at radius 1 is 1.50 bits per heavy atom. The monoisotopic (exact) mass is 336 g/mol. The Morgan fingerprint density at radius 3 is 3.00 bits per heavy atom. The number of hydrogen-bond acceptors (Lipinski definition) is 5. The van der Waals surface area contributed by atoms with E-state index < -0.39 is 0 Å². The summed E-state index contributed by atoms with van der Waals surface area (Å²) in [7, 11) is 1.64. The van der Waals surface area contributed by atoms with Gasteiger partial charge in [-0.15, -0.1) is 0 Å². The smallest absolute Gasteiger partial charge is 0.268 e. The summed E-state index contributed by atoms with van der Waals surface area (Å²) in [6.07, 6.45) is 4.01. The van der Waals surface area contributed by atoms with E-state index in [2.05, 4.69) is 29.2 Å². The number of carbonyl (C=O) groups is 1. The summed E-state index contributed by atoms with van der Waals surface area (Å²) in [5.74, 6) is 0.644. The number of aromatic nitrogens is 2. The predicted octanol–water partition coefficient (Wildman–Crippen LogP) is 0.928. The first kappa shape index (κ1) is 18.4. The average molecular weight is 336 g/mol. The molecule has 0 saturated carbocycles. The molecule has 0 radical (unpaired) electrons. The van der Waals surface area contributed by atoms with Crippen molar-refractivity contribution in [2.75, 3.05) is 31.1 Å². The molecule has 1 saturated heterocycles. The molecule has 134 valence electrons. The normalized spacial score (nSPS) is 18.0. The van der Waals surface area contributed by atoms with Crippen LogP contribution < -0.4 is 15.8 Å². The Hall–Kier alpha value is -1.89. The molecule has 1 aromatic heterocycles. The Labute approximate surface area is 143 Å². The van der Waals surface area contributed by atoms with E-state index in [1.165, 1.54) is 4.68 Å². The number of carbonyl (C=O) groups excluding carboxylic acids is 1. The van der Waals surface area contributed by atoms with Gasteiger partial charge in [0, 0.05) is 39.2 Å². The molecule has 1 amide bonds. The topological polar surface area (TPSA) is 76.5 Å². The van der Waals surface area contributed by atoms with Crippen LogP contribution in [-0.2, 0) is 16.6 Å². The minimum Gasteiger partial charge on any atom is -0.374 e. The van der Waals surface area contributed by atoms with Crippen molar-refractivity contribution in [1.82, 2.24) is 15.1 Å². The highest BCUT2D eigenvalue weighted by molar-refractivity contribution is 5.75. The Bertz CT molecular complexity index is 600. The lowest BCUT2D eigenvalue weighted by Crippen LogP contribution is -2.44. The third-order valence-corrected chi connectivity index (χ3v) is 4.19. The standard InChI is InChI=1S/C17H28N4O3/c1-13(2)4-5-16(22)18-7-6-15-12-21(8-9-24-15)14-10-17(23)20(3)19-11-14/h10-11,13,15H,4-9,12H2,1-3H3,(H,18,22)/t15-/m1/s1. The zero-order valence-corrected chi connectivity index (χ0v) is 14.8. The molecule has 2 rings (SSSR count). The van der Waals surface area contributed by atoms with E-state index >= 15 is 0 Å². The second-order valence-electron chi connectivity index (χ2n) is 6.69. The number of nitrogens with zero attached hydrogens (tertiary/aromatic N) is 3. The first-order chi connectivity index (χ1) is 11.5. The molecule has 1 aromatic rings. The van der Waals surface area contributed by atoms with E-state index in [4.69, 9.17) is 4.74 Å². The number of anilines is 1. The van der Waals surface area contributed by atoms with Gasteiger partial charge in [0.1, 0.15) is 0 Å². The van der Waals surface area contributed by atoms with Crippen LogP contribution in [0.25, 0.3) is 0 Å². The Kier molecular flexibility index (Phi) is 6.78. The second-order valence-corrected chi connectivity index (χ2v) is 6.69. The summed E-state index contributed by atoms with van der Waals surface area (Å²) in [6, 6.07) is 1.60. The molecule has 1 aliphatic heterocycles. The van der Waals surface area contributed by atoms with E-state index in [-0.39, 0.29) is 17.6 Å². The molecule has 7 nitrogen and oxygen atoms in total. The summed E-state index contributed by atoms with van der Waals surface area (Å²) in [4.78, 5) is 25.6. The highest BCUT2D eigenvalue weighted by Gasteiger charge is 2.21. The molecule has 0 bridgehead atoms. The minimum atomic E-state index is -0.118. The maximum absolute atomic E-state index is 11.7. The molecule has 1 N–H and O–H groups in total. The van der Waals surface area contributed by atoms with Crippen LogP contribution in [0.4, 0.5) is 5.69 Å². The van der Waals surface area contributed by atoms with Gasteiger partial charge in [0.15, 0.2) is 0 Å². The Morgan fingerprint density at radius 2 is 2.29 bits per heavy atom. The van der Waals surface area contributed by atoms with Gasteiger partial charge in [0.05, 0.1) is 24.6 Å². The third kappa shape index (κ3) is 5.63. The Balaban J connectivity index is 1.77. The van der Waals surface area contributed by atoms with Crippen LogP contribution in [0, 0.1) is 5.92 Å². The minimum absolute atomic E-state index is 0.0493. The van der Waals surface area contributed by atoms with Gasteiger partial charge >= 0.3 is 0 Å². The van der Waals surface area contributed by atoms with Crippen molar-refractivity contribution in [3.8, 4) is 0 Å². The van der Waals surface area contributed by atoms with Crippen molar-refractivity contribution >= 4 is 11.6 Å². The third-order valence-electron chi connectivity index (χ3n) is 4.19. The van der Waals surface area contributed by atoms with E-state index in [0.717, 1.165) is 25.1 Å². The maximum atomic E-state index is 11.7. The van der Waals surface area contributed by atoms with Crippen molar-refractivity contribution < 1.29 is 9.53 Å². The molecule has 0 aliphatic carbocycles. The molecule has 1 aliphatic rings. The van der Waals surface area contributed by atoms with Gasteiger partial charge in [-0.1, -0.05) is 13.8 Å². The second kappa shape index (κ2) is 8.82. The van der Waals surface area contributed by atoms with Crippen LogP contribution in [-0.4, -0.2) is 48.0 Å². The lowest BCUT2D eigenvalue weighted by atomic mass is 10.1. The van der Waals surface area contributed by atoms with Crippen molar-refractivity contribution in [3.63, 3.8) is 0 Å². The van der Waals surface area contributed by atoms with Crippen molar-refractivity contribution in [3.05, 3.63) is 22.6 Å². The van der Waals surface area contributed by atoms with E-state index in [1.54, 1.807) is 19.3 Å². The van der Waals surface area contributed by atoms with E-state index in [9.17, 15) is 9.59 Å². The van der Waals surface area contributed by atoms with Gasteiger partial charge in [-0.05, 0) is 18.8 Å². The fourth-order valence-corrected chi connectivity index (χ4v) is 2.64. The molecular formula is C17H28N4O3. The zero-order valence-electron chi connectivity index (χ0n) is 14.8. The first-order valence-corrected chi connectivity index (χ1v) is 8.62. The average Bonchev–Trinajstić information content (AvgIpc) is 2.56. The van der Waals surface area contributed by atoms with E-state index in [1.807, 2.05) is 0 Å². The van der Waals surface area contributed by atoms with Gasteiger partial charge in [-0.25, -0.2) is 4.68 Å². The number of ether oxygens (including phenoxy) is 1. The van der Waals surface area contributed by atoms with Crippen molar-refractivity contribution in [1.29, 1.82) is 0 Å². The first-order valence-electron chi connectivity index (χ1n) is 8.62. The largest absolute Gasteiger partial charge is 0.374 e. The molecule has 2 heterocycles. The number of hydrogen-bond donors (Lipinski definition) is 1. The van der Waals surface area contributed by atoms with Crippen LogP contribution in [0.15, 0.2) is 17.1 Å². The van der Waals surface area contributed by atoms with Gasteiger partial charge in [0.2, 0.25) is 5.91 Å². The number of nitrogens with one attached hydrogen (secondary N) is 1. The van der Waals surface area contributed by atoms with Crippen LogP contribution in [0.2, 0.25) is 0 Å². The molecule has 7 heteroatoms. The van der Waals surface area contributed by atoms with Gasteiger partial charge in [0.25, 0.3) is 5.56 Å². The van der Waals surface area contributed by atoms with Crippen LogP contribution in [0.3, 0.4) is 0 Å². The number of amides is 1. The maximum Gasteiger partial charge on any atom is 0.268 e. The summed E-state index contributed by atoms with van der Waals surface area (Å²) < 4.78 is 7.08. The summed E-state index contributed by atoms with van der Waals surface area (Å²) in [6.45, 7) is 6.90. The summed E-state index contributed by atoms with van der Waals surface area (Å²) in [5, 5.41) is 7.02. The predicted molar refractivity (Wildman–Crippen MR) is 93.1 cm³/mol. The van der Waals surface area contributed by atoms with Gasteiger partial charge < -0.3 is 15.0 Å². The molecule has 24 heavy (non-hydrogen) atoms. The molecule has 0 spiro atoms. The fraction of sp³-hybridized carbons (Fsp3) is 0.706. The van der Waals surface area contributed by atoms with E-state index in [0.29, 0.717) is 32.0 Å². The summed E-state index contributed by atoms with van der Waals surface area (Å²) in [5.41, 5.74) is 0.709. The van der Waals surface area contributed by atoms with Gasteiger partial charge in [-0.3, -0.25) is 9.59 Å². The van der Waals surface area contributed by atoms with Crippen LogP contribution in [0.5, 0.6) is 0 Å². The quantitative estimate of drug-likeness (QED) is 0.801. The fourth-order valence-electron chi connectivity index (χ4n) is 2.64. The molecule has 0 aromatic carbocycles. The molecule has 1 fully saturated rings. The molecule has 0 unspecified atom stereocenters. The van der Waals surface area contributed by atoms with Crippen molar-refractivity contribution in [2.45, 2.75) is 39.2 Å². The van der Waals surface area contributed by atoms with Crippen molar-refractivity contribution in [2.24, 2.45) is 13.0 Å². The lowest BCUT2D eigenvalue weighted by molar-refractivity contribution is -0.121. The molecule has 1 atom stereocenters. The van der Waals surface area contributed by atoms with Gasteiger partial charge in [-0.2, -0.15) is 5.10 Å². The molecular weight excluding hydrogens is 308 g/mol. The lowest BCUT2D eigenvalue weighted by Gasteiger charge is -2.34. The highest BCUT2D eigenvalue weighted by Crippen LogP contribution is 2.16. The SMILES string of the molecule is CC(C)CCC(=O)NCC[C@@H]1CN(c2cnn(C)c(=O)c2)CCO1. The number of aryl methyl sites for hydroxylation is 1. The zero-order chi connectivity index (χ0) is 17.5. The number of morpholine rings is 1.